The lowest BCUT2D eigenvalue weighted by atomic mass is 9.67. The third kappa shape index (κ3) is 4.50. The Balaban J connectivity index is 0.00000140. The Labute approximate surface area is 178 Å². The summed E-state index contributed by atoms with van der Waals surface area (Å²) in [4.78, 5) is 17.2. The first kappa shape index (κ1) is 22.7. The molecule has 2 aromatic rings. The van der Waals surface area contributed by atoms with Crippen molar-refractivity contribution in [1.29, 1.82) is 0 Å². The summed E-state index contributed by atoms with van der Waals surface area (Å²) in [5.41, 5.74) is 8.76. The molecule has 3 N–H and O–H groups in total. The van der Waals surface area contributed by atoms with E-state index in [1.54, 1.807) is 10.9 Å². The minimum Gasteiger partial charge on any atom is -0.349 e. The molecule has 0 spiro atoms. The van der Waals surface area contributed by atoms with Crippen LogP contribution in [0.15, 0.2) is 24.4 Å². The van der Waals surface area contributed by atoms with E-state index in [1.807, 2.05) is 32.0 Å². The van der Waals surface area contributed by atoms with Gasteiger partial charge in [0.05, 0.1) is 11.3 Å². The fraction of sp³-hybridized carbons (Fsp3) is 0.550. The largest absolute Gasteiger partial charge is 0.349 e. The van der Waals surface area contributed by atoms with Crippen LogP contribution in [0, 0.1) is 25.7 Å². The molecule has 0 aliphatic heterocycles. The first-order chi connectivity index (χ1) is 12.5. The van der Waals surface area contributed by atoms with E-state index >= 15 is 0 Å². The zero-order valence-corrected chi connectivity index (χ0v) is 17.9. The van der Waals surface area contributed by atoms with Gasteiger partial charge in [-0.25, -0.2) is 9.67 Å². The van der Waals surface area contributed by atoms with E-state index in [0.717, 1.165) is 30.0 Å². The highest BCUT2D eigenvalue weighted by atomic mass is 35.5. The molecule has 2 aliphatic carbocycles. The Kier molecular flexibility index (Phi) is 7.48. The maximum Gasteiger partial charge on any atom is 0.253 e. The lowest BCUT2D eigenvalue weighted by Gasteiger charge is -2.45. The van der Waals surface area contributed by atoms with Crippen molar-refractivity contribution in [2.45, 2.75) is 58.0 Å². The number of hydrogen-bond donors (Lipinski definition) is 2. The van der Waals surface area contributed by atoms with Crippen molar-refractivity contribution in [3.05, 3.63) is 41.3 Å². The van der Waals surface area contributed by atoms with Crippen LogP contribution in [0.3, 0.4) is 0 Å². The Hall–Kier alpha value is -1.63. The highest BCUT2D eigenvalue weighted by molar-refractivity contribution is 5.94. The summed E-state index contributed by atoms with van der Waals surface area (Å²) in [5.74, 6) is 1.73. The third-order valence-electron chi connectivity index (χ3n) is 5.91. The van der Waals surface area contributed by atoms with Gasteiger partial charge in [0.2, 0.25) is 0 Å². The van der Waals surface area contributed by atoms with E-state index in [2.05, 4.69) is 15.4 Å². The predicted molar refractivity (Wildman–Crippen MR) is 115 cm³/mol. The maximum absolute atomic E-state index is 12.7. The minimum absolute atomic E-state index is 0. The van der Waals surface area contributed by atoms with Gasteiger partial charge >= 0.3 is 0 Å². The van der Waals surface area contributed by atoms with Crippen molar-refractivity contribution in [3.63, 3.8) is 0 Å². The molecular weight excluding hydrogens is 397 g/mol. The second kappa shape index (κ2) is 9.25. The van der Waals surface area contributed by atoms with Gasteiger partial charge in [-0.2, -0.15) is 5.10 Å². The van der Waals surface area contributed by atoms with Crippen molar-refractivity contribution >= 4 is 30.7 Å². The third-order valence-corrected chi connectivity index (χ3v) is 5.91. The molecule has 28 heavy (non-hydrogen) atoms. The number of carbonyl (C=O) groups is 1. The van der Waals surface area contributed by atoms with E-state index < -0.39 is 0 Å². The molecule has 2 bridgehead atoms. The van der Waals surface area contributed by atoms with Crippen molar-refractivity contribution in [3.8, 4) is 5.82 Å². The fourth-order valence-corrected chi connectivity index (χ4v) is 4.77. The number of hydrogen-bond acceptors (Lipinski definition) is 4. The lowest BCUT2D eigenvalue weighted by Crippen LogP contribution is -2.53. The Morgan fingerprint density at radius 1 is 1.18 bits per heavy atom. The van der Waals surface area contributed by atoms with Gasteiger partial charge in [-0.15, -0.1) is 24.8 Å². The molecule has 2 aliphatic rings. The highest BCUT2D eigenvalue weighted by Gasteiger charge is 2.39. The second-order valence-electron chi connectivity index (χ2n) is 7.93. The topological polar surface area (TPSA) is 85.8 Å². The van der Waals surface area contributed by atoms with E-state index in [0.29, 0.717) is 23.4 Å². The average Bonchev–Trinajstić information content (AvgIpc) is 2.94. The van der Waals surface area contributed by atoms with Crippen LogP contribution >= 0.6 is 24.8 Å². The van der Waals surface area contributed by atoms with E-state index in [1.165, 1.54) is 19.3 Å². The summed E-state index contributed by atoms with van der Waals surface area (Å²) in [6.45, 7) is 3.95. The SMILES string of the molecule is Cc1cc(C)n(-c2ccc(C(=O)NC3C4CCCC3CC(N)C4)cn2)n1.Cl.Cl. The molecule has 2 unspecified atom stereocenters. The molecular formula is C20H29Cl2N5O. The molecule has 6 nitrogen and oxygen atoms in total. The quantitative estimate of drug-likeness (QED) is 0.788. The van der Waals surface area contributed by atoms with Gasteiger partial charge in [0, 0.05) is 24.0 Å². The number of nitrogens with one attached hydrogen (secondary N) is 1. The molecule has 4 rings (SSSR count). The summed E-state index contributed by atoms with van der Waals surface area (Å²) < 4.78 is 1.80. The molecule has 2 heterocycles. The Morgan fingerprint density at radius 3 is 2.39 bits per heavy atom. The molecule has 2 saturated carbocycles. The van der Waals surface area contributed by atoms with Crippen LogP contribution in [0.25, 0.3) is 5.82 Å². The van der Waals surface area contributed by atoms with Crippen molar-refractivity contribution in [2.75, 3.05) is 0 Å². The number of pyridine rings is 1. The van der Waals surface area contributed by atoms with Gasteiger partial charge in [-0.1, -0.05) is 6.42 Å². The van der Waals surface area contributed by atoms with Crippen molar-refractivity contribution in [1.82, 2.24) is 20.1 Å². The highest BCUT2D eigenvalue weighted by Crippen LogP contribution is 2.39. The number of amides is 1. The van der Waals surface area contributed by atoms with Gasteiger partial charge in [-0.05, 0) is 69.6 Å². The van der Waals surface area contributed by atoms with Gasteiger partial charge < -0.3 is 11.1 Å². The number of aryl methyl sites for hydroxylation is 2. The molecule has 2 aromatic heterocycles. The zero-order chi connectivity index (χ0) is 18.3. The molecule has 0 saturated heterocycles. The van der Waals surface area contributed by atoms with Crippen molar-refractivity contribution in [2.24, 2.45) is 17.6 Å². The number of fused-ring (bicyclic) bond motifs is 2. The van der Waals surface area contributed by atoms with Gasteiger partial charge in [0.25, 0.3) is 5.91 Å². The Morgan fingerprint density at radius 2 is 1.86 bits per heavy atom. The summed E-state index contributed by atoms with van der Waals surface area (Å²) >= 11 is 0. The number of nitrogens with zero attached hydrogens (tertiary/aromatic N) is 3. The predicted octanol–water partition coefficient (Wildman–Crippen LogP) is 3.36. The van der Waals surface area contributed by atoms with E-state index in [4.69, 9.17) is 5.73 Å². The second-order valence-corrected chi connectivity index (χ2v) is 7.93. The maximum atomic E-state index is 12.7. The first-order valence-corrected chi connectivity index (χ1v) is 9.57. The van der Waals surface area contributed by atoms with Crippen LogP contribution in [-0.2, 0) is 0 Å². The molecule has 154 valence electrons. The van der Waals surface area contributed by atoms with Gasteiger partial charge in [0.15, 0.2) is 5.82 Å². The van der Waals surface area contributed by atoms with Gasteiger partial charge in [0.1, 0.15) is 0 Å². The van der Waals surface area contributed by atoms with Crippen molar-refractivity contribution < 1.29 is 4.79 Å². The first-order valence-electron chi connectivity index (χ1n) is 9.57. The smallest absolute Gasteiger partial charge is 0.253 e. The average molecular weight is 426 g/mol. The summed E-state index contributed by atoms with van der Waals surface area (Å²) in [5, 5.41) is 7.71. The van der Waals surface area contributed by atoms with Crippen LogP contribution in [0.5, 0.6) is 0 Å². The molecule has 0 aromatic carbocycles. The summed E-state index contributed by atoms with van der Waals surface area (Å²) in [7, 11) is 0. The Bertz CT molecular complexity index is 793. The molecule has 0 radical (unpaired) electrons. The summed E-state index contributed by atoms with van der Waals surface area (Å²) in [6.07, 6.45) is 7.29. The van der Waals surface area contributed by atoms with Crippen LogP contribution in [0.2, 0.25) is 0 Å². The van der Waals surface area contributed by atoms with Crippen LogP contribution in [0.4, 0.5) is 0 Å². The van der Waals surface area contributed by atoms with E-state index in [-0.39, 0.29) is 36.8 Å². The number of nitrogens with two attached hydrogens (primary N) is 1. The molecule has 1 amide bonds. The number of aromatic nitrogens is 3. The lowest BCUT2D eigenvalue weighted by molar-refractivity contribution is 0.0755. The van der Waals surface area contributed by atoms with Crippen LogP contribution < -0.4 is 11.1 Å². The number of halogens is 2. The van der Waals surface area contributed by atoms with Crippen LogP contribution in [-0.4, -0.2) is 32.8 Å². The zero-order valence-electron chi connectivity index (χ0n) is 16.3. The minimum atomic E-state index is -0.0326. The fourth-order valence-electron chi connectivity index (χ4n) is 4.77. The van der Waals surface area contributed by atoms with Crippen LogP contribution in [0.1, 0.15) is 53.8 Å². The monoisotopic (exact) mass is 425 g/mol. The molecule has 2 fully saturated rings. The number of rotatable bonds is 3. The van der Waals surface area contributed by atoms with E-state index in [9.17, 15) is 4.79 Å². The molecule has 2 atom stereocenters. The summed E-state index contributed by atoms with van der Waals surface area (Å²) in [6, 6.07) is 6.24. The standard InChI is InChI=1S/C20H27N5O.2ClH/c1-12-8-13(2)25(24-12)18-7-6-16(11-22-18)20(26)23-19-14-4-3-5-15(19)10-17(21)9-14;;/h6-8,11,14-15,17,19H,3-5,9-10,21H2,1-2H3,(H,23,26);2*1H. The number of carbonyl (C=O) groups excluding carboxylic acids is 1. The normalized spacial score (nSPS) is 26.0. The van der Waals surface area contributed by atoms with Gasteiger partial charge in [-0.3, -0.25) is 4.79 Å². The molecule has 8 heteroatoms.